The van der Waals surface area contributed by atoms with Gasteiger partial charge in [0.25, 0.3) is 0 Å². The number of ether oxygens (including phenoxy) is 1. The molecule has 0 fully saturated rings. The van der Waals surface area contributed by atoms with Crippen molar-refractivity contribution >= 4 is 11.3 Å². The van der Waals surface area contributed by atoms with Crippen LogP contribution in [0, 0.1) is 13.8 Å². The van der Waals surface area contributed by atoms with Crippen molar-refractivity contribution in [1.29, 1.82) is 0 Å². The van der Waals surface area contributed by atoms with Gasteiger partial charge < -0.3 is 10.1 Å². The van der Waals surface area contributed by atoms with Crippen LogP contribution >= 0.6 is 11.3 Å². The molecule has 0 bridgehead atoms. The van der Waals surface area contributed by atoms with E-state index in [9.17, 15) is 0 Å². The molecule has 0 spiro atoms. The van der Waals surface area contributed by atoms with Crippen LogP contribution in [0.2, 0.25) is 0 Å². The summed E-state index contributed by atoms with van der Waals surface area (Å²) in [7, 11) is 0. The Morgan fingerprint density at radius 3 is 2.81 bits per heavy atom. The van der Waals surface area contributed by atoms with Gasteiger partial charge in [-0.3, -0.25) is 0 Å². The van der Waals surface area contributed by atoms with Gasteiger partial charge in [-0.1, -0.05) is 19.1 Å². The Kier molecular flexibility index (Phi) is 4.05. The second-order valence-corrected chi connectivity index (χ2v) is 7.17. The molecule has 0 amide bonds. The number of fused-ring (bicyclic) bond motifs is 1. The highest BCUT2D eigenvalue weighted by molar-refractivity contribution is 7.12. The van der Waals surface area contributed by atoms with Crippen LogP contribution in [0.25, 0.3) is 0 Å². The first kappa shape index (κ1) is 14.6. The summed E-state index contributed by atoms with van der Waals surface area (Å²) in [4.78, 5) is 2.81. The van der Waals surface area contributed by atoms with Gasteiger partial charge in [0, 0.05) is 16.2 Å². The highest BCUT2D eigenvalue weighted by Crippen LogP contribution is 2.35. The minimum atomic E-state index is 0.286. The molecule has 2 atom stereocenters. The van der Waals surface area contributed by atoms with Gasteiger partial charge in [-0.25, -0.2) is 0 Å². The Bertz CT molecular complexity index is 627. The molecule has 112 valence electrons. The molecule has 1 aromatic heterocycles. The molecule has 0 saturated heterocycles. The van der Waals surface area contributed by atoms with Crippen LogP contribution in [-0.4, -0.2) is 12.6 Å². The summed E-state index contributed by atoms with van der Waals surface area (Å²) < 4.78 is 5.81. The summed E-state index contributed by atoms with van der Waals surface area (Å²) in [5.41, 5.74) is 4.07. The molecule has 1 aliphatic rings. The third kappa shape index (κ3) is 2.85. The SMILES string of the molecule is CCNC(c1ccc2c(c1)CC(C)O2)c1cc(C)c(C)s1. The minimum Gasteiger partial charge on any atom is -0.490 e. The van der Waals surface area contributed by atoms with Crippen molar-refractivity contribution in [2.45, 2.75) is 46.3 Å². The van der Waals surface area contributed by atoms with E-state index in [1.165, 1.54) is 26.4 Å². The Morgan fingerprint density at radius 1 is 1.33 bits per heavy atom. The second kappa shape index (κ2) is 5.82. The van der Waals surface area contributed by atoms with Gasteiger partial charge >= 0.3 is 0 Å². The van der Waals surface area contributed by atoms with Crippen LogP contribution in [0.1, 0.15) is 46.3 Å². The molecular formula is C18H23NOS. The summed E-state index contributed by atoms with van der Waals surface area (Å²) in [6, 6.07) is 9.25. The Morgan fingerprint density at radius 2 is 2.14 bits per heavy atom. The van der Waals surface area contributed by atoms with E-state index in [1.54, 1.807) is 0 Å². The van der Waals surface area contributed by atoms with Crippen LogP contribution in [0.3, 0.4) is 0 Å². The normalized spacial score (nSPS) is 18.4. The fourth-order valence-corrected chi connectivity index (χ4v) is 4.10. The number of aryl methyl sites for hydroxylation is 2. The van der Waals surface area contributed by atoms with Crippen molar-refractivity contribution in [3.05, 3.63) is 50.7 Å². The Hall–Kier alpha value is -1.32. The van der Waals surface area contributed by atoms with Crippen molar-refractivity contribution < 1.29 is 4.74 Å². The molecule has 2 heterocycles. The van der Waals surface area contributed by atoms with E-state index in [1.807, 2.05) is 11.3 Å². The maximum atomic E-state index is 5.81. The zero-order valence-corrected chi connectivity index (χ0v) is 14.0. The molecule has 2 unspecified atom stereocenters. The lowest BCUT2D eigenvalue weighted by Gasteiger charge is -2.17. The quantitative estimate of drug-likeness (QED) is 0.904. The summed E-state index contributed by atoms with van der Waals surface area (Å²) >= 11 is 1.90. The van der Waals surface area contributed by atoms with Crippen LogP contribution in [0.15, 0.2) is 24.3 Å². The van der Waals surface area contributed by atoms with Gasteiger partial charge in [0.05, 0.1) is 6.04 Å². The van der Waals surface area contributed by atoms with Crippen molar-refractivity contribution in [1.82, 2.24) is 5.32 Å². The fourth-order valence-electron chi connectivity index (χ4n) is 2.95. The standard InChI is InChI=1S/C18H23NOS/c1-5-19-18(17-8-11(2)13(4)21-17)14-6-7-16-15(10-14)9-12(3)20-16/h6-8,10,12,18-19H,5,9H2,1-4H3. The van der Waals surface area contributed by atoms with Crippen molar-refractivity contribution in [2.24, 2.45) is 0 Å². The molecule has 1 aromatic carbocycles. The average molecular weight is 301 g/mol. The molecule has 2 nitrogen and oxygen atoms in total. The highest BCUT2D eigenvalue weighted by Gasteiger charge is 2.22. The van der Waals surface area contributed by atoms with Crippen molar-refractivity contribution in [3.63, 3.8) is 0 Å². The van der Waals surface area contributed by atoms with E-state index in [4.69, 9.17) is 4.74 Å². The summed E-state index contributed by atoms with van der Waals surface area (Å²) in [5, 5.41) is 3.63. The van der Waals surface area contributed by atoms with Crippen LogP contribution in [-0.2, 0) is 6.42 Å². The Labute approximate surface area is 131 Å². The monoisotopic (exact) mass is 301 g/mol. The first-order valence-corrected chi connectivity index (χ1v) is 8.50. The van der Waals surface area contributed by atoms with Gasteiger partial charge in [-0.2, -0.15) is 0 Å². The first-order chi connectivity index (χ1) is 10.1. The number of hydrogen-bond donors (Lipinski definition) is 1. The molecule has 0 radical (unpaired) electrons. The molecular weight excluding hydrogens is 278 g/mol. The predicted octanol–water partition coefficient (Wildman–Crippen LogP) is 4.39. The summed E-state index contributed by atoms with van der Waals surface area (Å²) in [6.07, 6.45) is 1.32. The summed E-state index contributed by atoms with van der Waals surface area (Å²) in [6.45, 7) is 9.65. The molecule has 1 aliphatic heterocycles. The molecule has 3 rings (SSSR count). The maximum absolute atomic E-state index is 5.81. The van der Waals surface area contributed by atoms with Gasteiger partial charge in [0.1, 0.15) is 11.9 Å². The van der Waals surface area contributed by atoms with Crippen LogP contribution in [0.5, 0.6) is 5.75 Å². The van der Waals surface area contributed by atoms with Gasteiger partial charge in [-0.15, -0.1) is 11.3 Å². The molecule has 3 heteroatoms. The lowest BCUT2D eigenvalue weighted by atomic mass is 10.00. The van der Waals surface area contributed by atoms with E-state index < -0.39 is 0 Å². The molecule has 2 aromatic rings. The Balaban J connectivity index is 1.96. The zero-order valence-electron chi connectivity index (χ0n) is 13.2. The van der Waals surface area contributed by atoms with E-state index in [-0.39, 0.29) is 6.04 Å². The van der Waals surface area contributed by atoms with E-state index in [0.29, 0.717) is 6.10 Å². The van der Waals surface area contributed by atoms with E-state index in [0.717, 1.165) is 18.7 Å². The summed E-state index contributed by atoms with van der Waals surface area (Å²) in [5.74, 6) is 1.06. The van der Waals surface area contributed by atoms with Crippen molar-refractivity contribution in [2.75, 3.05) is 6.54 Å². The molecule has 0 saturated carbocycles. The topological polar surface area (TPSA) is 21.3 Å². The third-order valence-electron chi connectivity index (χ3n) is 4.13. The smallest absolute Gasteiger partial charge is 0.123 e. The highest BCUT2D eigenvalue weighted by atomic mass is 32.1. The third-order valence-corrected chi connectivity index (χ3v) is 5.35. The van der Waals surface area contributed by atoms with Crippen molar-refractivity contribution in [3.8, 4) is 5.75 Å². The molecule has 1 N–H and O–H groups in total. The first-order valence-electron chi connectivity index (χ1n) is 7.68. The number of nitrogens with one attached hydrogen (secondary N) is 1. The van der Waals surface area contributed by atoms with Crippen LogP contribution < -0.4 is 10.1 Å². The lowest BCUT2D eigenvalue weighted by Crippen LogP contribution is -2.21. The lowest BCUT2D eigenvalue weighted by molar-refractivity contribution is 0.254. The maximum Gasteiger partial charge on any atom is 0.123 e. The number of thiophene rings is 1. The van der Waals surface area contributed by atoms with Crippen LogP contribution in [0.4, 0.5) is 0 Å². The zero-order chi connectivity index (χ0) is 15.0. The minimum absolute atomic E-state index is 0.286. The van der Waals surface area contributed by atoms with Gasteiger partial charge in [0.2, 0.25) is 0 Å². The fraction of sp³-hybridized carbons (Fsp3) is 0.444. The van der Waals surface area contributed by atoms with Gasteiger partial charge in [-0.05, 0) is 56.1 Å². The second-order valence-electron chi connectivity index (χ2n) is 5.88. The number of hydrogen-bond acceptors (Lipinski definition) is 3. The number of rotatable bonds is 4. The predicted molar refractivity (Wildman–Crippen MR) is 89.5 cm³/mol. The average Bonchev–Trinajstić information content (AvgIpc) is 2.97. The van der Waals surface area contributed by atoms with E-state index in [2.05, 4.69) is 57.3 Å². The molecule has 21 heavy (non-hydrogen) atoms. The van der Waals surface area contributed by atoms with E-state index >= 15 is 0 Å². The number of benzene rings is 1. The van der Waals surface area contributed by atoms with Gasteiger partial charge in [0.15, 0.2) is 0 Å². The molecule has 0 aliphatic carbocycles. The largest absolute Gasteiger partial charge is 0.490 e.